The Morgan fingerprint density at radius 3 is 2.39 bits per heavy atom. The molecule has 5 fully saturated rings. The van der Waals surface area contributed by atoms with Crippen molar-refractivity contribution >= 4 is 6.09 Å². The van der Waals surface area contributed by atoms with E-state index in [1.807, 2.05) is 0 Å². The van der Waals surface area contributed by atoms with Crippen LogP contribution in [0.2, 0.25) is 0 Å². The van der Waals surface area contributed by atoms with Crippen molar-refractivity contribution in [3.8, 4) is 0 Å². The molecule has 5 aliphatic rings. The highest BCUT2D eigenvalue weighted by atomic mass is 16.6. The van der Waals surface area contributed by atoms with Gasteiger partial charge in [-0.3, -0.25) is 0 Å². The monoisotopic (exact) mass is 577 g/mol. The van der Waals surface area contributed by atoms with Crippen molar-refractivity contribution in [1.82, 2.24) is 5.32 Å². The summed E-state index contributed by atoms with van der Waals surface area (Å²) >= 11 is 0. The van der Waals surface area contributed by atoms with Crippen molar-refractivity contribution in [2.45, 2.75) is 149 Å². The van der Waals surface area contributed by atoms with Crippen LogP contribution < -0.4 is 5.32 Å². The molecule has 1 amide bonds. The summed E-state index contributed by atoms with van der Waals surface area (Å²) in [5.41, 5.74) is -1.22. The number of alkyl carbamates (subject to hydrolysis) is 1. The van der Waals surface area contributed by atoms with Crippen molar-refractivity contribution in [2.24, 2.45) is 51.2 Å². The third-order valence-electron chi connectivity index (χ3n) is 13.9. The fourth-order valence-corrected chi connectivity index (χ4v) is 11.9. The van der Waals surface area contributed by atoms with Crippen molar-refractivity contribution in [1.29, 1.82) is 0 Å². The van der Waals surface area contributed by atoms with E-state index in [-0.39, 0.29) is 45.7 Å². The topological polar surface area (TPSA) is 108 Å². The van der Waals surface area contributed by atoms with Crippen LogP contribution in [0.15, 0.2) is 0 Å². The number of nitrogens with one attached hydrogen (secondary N) is 1. The van der Waals surface area contributed by atoms with Gasteiger partial charge in [0.05, 0.1) is 30.0 Å². The lowest BCUT2D eigenvalue weighted by molar-refractivity contribution is -0.202. The van der Waals surface area contributed by atoms with Gasteiger partial charge in [-0.05, 0) is 110 Å². The Hall–Kier alpha value is -0.890. The van der Waals surface area contributed by atoms with E-state index in [2.05, 4.69) is 46.9 Å². The molecule has 0 aromatic heterocycles. The van der Waals surface area contributed by atoms with Crippen LogP contribution >= 0.6 is 0 Å². The summed E-state index contributed by atoms with van der Waals surface area (Å²) in [6, 6.07) is 0. The highest BCUT2D eigenvalue weighted by molar-refractivity contribution is 5.67. The minimum atomic E-state index is -1.28. The van der Waals surface area contributed by atoms with Crippen LogP contribution in [0.1, 0.15) is 113 Å². The first-order valence-electron chi connectivity index (χ1n) is 16.7. The fourth-order valence-electron chi connectivity index (χ4n) is 11.9. The Bertz CT molecular complexity index is 994. The lowest BCUT2D eigenvalue weighted by atomic mass is 9.48. The molecule has 0 bridgehead atoms. The van der Waals surface area contributed by atoms with Crippen molar-refractivity contribution in [3.63, 3.8) is 0 Å². The number of rotatable bonds is 7. The number of hydrogen-bond donors (Lipinski definition) is 4. The molecule has 4 saturated carbocycles. The molecule has 1 saturated heterocycles. The van der Waals surface area contributed by atoms with E-state index >= 15 is 0 Å². The average Bonchev–Trinajstić information content (AvgIpc) is 3.32. The maximum Gasteiger partial charge on any atom is 0.407 e. The standard InChI is InChI=1S/C34H59NO6/c1-10-11-15-33-20(3)34(33)16-14-25(36)30(4,5)23(34)12-13-24(33)32(8)18-21-19(2)17-22(40-26(21)27(32)37)28(31(6,7)39)41-29(38)35-9/h19-28,36-37,39H,10-18H2,1-9H3,(H,35,38). The van der Waals surface area contributed by atoms with Gasteiger partial charge in [-0.2, -0.15) is 0 Å². The van der Waals surface area contributed by atoms with E-state index in [0.717, 1.165) is 32.1 Å². The van der Waals surface area contributed by atoms with Crippen LogP contribution in [0.3, 0.4) is 0 Å². The number of aliphatic hydroxyl groups is 3. The number of fused-ring (bicyclic) bond motifs is 1. The van der Waals surface area contributed by atoms with Gasteiger partial charge in [0.15, 0.2) is 6.10 Å². The van der Waals surface area contributed by atoms with Gasteiger partial charge in [-0.1, -0.05) is 54.4 Å². The van der Waals surface area contributed by atoms with Gasteiger partial charge in [0.1, 0.15) is 0 Å². The zero-order valence-electron chi connectivity index (χ0n) is 27.2. The number of ether oxygens (including phenoxy) is 2. The minimum Gasteiger partial charge on any atom is -0.440 e. The molecule has 41 heavy (non-hydrogen) atoms. The van der Waals surface area contributed by atoms with Crippen LogP contribution in [0.25, 0.3) is 0 Å². The number of amides is 1. The summed E-state index contributed by atoms with van der Waals surface area (Å²) in [4.78, 5) is 12.2. The first kappa shape index (κ1) is 31.5. The Balaban J connectivity index is 1.47. The second-order valence-corrected chi connectivity index (χ2v) is 16.4. The van der Waals surface area contributed by atoms with Gasteiger partial charge in [-0.15, -0.1) is 0 Å². The van der Waals surface area contributed by atoms with E-state index in [9.17, 15) is 20.1 Å². The van der Waals surface area contributed by atoms with E-state index in [0.29, 0.717) is 24.2 Å². The Morgan fingerprint density at radius 2 is 1.78 bits per heavy atom. The SMILES string of the molecule is CCCCC12C(C3(C)CC4C(C)CC(C(OC(=O)NC)C(C)(C)O)OC4C3O)CCC3C(C)(C)C(O)CCC31C2C. The molecule has 1 heterocycles. The zero-order chi connectivity index (χ0) is 30.3. The van der Waals surface area contributed by atoms with Crippen LogP contribution in [0, 0.1) is 51.2 Å². The molecule has 7 heteroatoms. The quantitative estimate of drug-likeness (QED) is 0.310. The second-order valence-electron chi connectivity index (χ2n) is 16.4. The zero-order valence-corrected chi connectivity index (χ0v) is 27.2. The van der Waals surface area contributed by atoms with E-state index in [1.165, 1.54) is 26.3 Å². The third-order valence-corrected chi connectivity index (χ3v) is 13.9. The smallest absolute Gasteiger partial charge is 0.407 e. The largest absolute Gasteiger partial charge is 0.440 e. The second kappa shape index (κ2) is 10.3. The van der Waals surface area contributed by atoms with Gasteiger partial charge < -0.3 is 30.1 Å². The maximum atomic E-state index is 12.3. The average molecular weight is 578 g/mol. The Kier molecular flexibility index (Phi) is 7.95. The predicted molar refractivity (Wildman–Crippen MR) is 159 cm³/mol. The van der Waals surface area contributed by atoms with Crippen LogP contribution in [0.5, 0.6) is 0 Å². The molecular weight excluding hydrogens is 518 g/mol. The van der Waals surface area contributed by atoms with Crippen molar-refractivity contribution in [3.05, 3.63) is 0 Å². The lowest BCUT2D eigenvalue weighted by Gasteiger charge is -2.57. The first-order valence-corrected chi connectivity index (χ1v) is 16.7. The molecule has 236 valence electrons. The van der Waals surface area contributed by atoms with E-state index in [4.69, 9.17) is 9.47 Å². The summed E-state index contributed by atoms with van der Waals surface area (Å²) in [5.74, 6) is 2.00. The number of aliphatic hydroxyl groups excluding tert-OH is 2. The predicted octanol–water partition coefficient (Wildman–Crippen LogP) is 5.68. The van der Waals surface area contributed by atoms with Crippen molar-refractivity contribution in [2.75, 3.05) is 7.05 Å². The lowest BCUT2D eigenvalue weighted by Crippen LogP contribution is -2.56. The summed E-state index contributed by atoms with van der Waals surface area (Å²) in [6.45, 7) is 17.3. The molecule has 4 N–H and O–H groups in total. The molecule has 7 nitrogen and oxygen atoms in total. The Morgan fingerprint density at radius 1 is 1.12 bits per heavy atom. The first-order chi connectivity index (χ1) is 19.0. The minimum absolute atomic E-state index is 0.0869. The van der Waals surface area contributed by atoms with Crippen LogP contribution in [0.4, 0.5) is 4.79 Å². The molecule has 0 aromatic carbocycles. The number of carbonyl (C=O) groups is 1. The molecule has 1 aliphatic heterocycles. The molecule has 13 atom stereocenters. The van der Waals surface area contributed by atoms with Crippen LogP contribution in [-0.4, -0.2) is 64.6 Å². The van der Waals surface area contributed by atoms with Gasteiger partial charge in [0.2, 0.25) is 0 Å². The van der Waals surface area contributed by atoms with Gasteiger partial charge in [0, 0.05) is 7.05 Å². The van der Waals surface area contributed by atoms with Gasteiger partial charge >= 0.3 is 6.09 Å². The summed E-state index contributed by atoms with van der Waals surface area (Å²) in [5, 5.41) is 36.8. The summed E-state index contributed by atoms with van der Waals surface area (Å²) < 4.78 is 12.4. The van der Waals surface area contributed by atoms with E-state index < -0.39 is 30.0 Å². The molecule has 5 rings (SSSR count). The van der Waals surface area contributed by atoms with E-state index in [1.54, 1.807) is 13.8 Å². The van der Waals surface area contributed by atoms with Crippen molar-refractivity contribution < 1.29 is 29.6 Å². The molecule has 4 aliphatic carbocycles. The normalized spacial score (nSPS) is 49.3. The maximum absolute atomic E-state index is 12.3. The summed E-state index contributed by atoms with van der Waals surface area (Å²) in [6.07, 6.45) is 6.26. The molecular formula is C34H59NO6. The third kappa shape index (κ3) is 4.36. The van der Waals surface area contributed by atoms with Gasteiger partial charge in [0.25, 0.3) is 0 Å². The van der Waals surface area contributed by atoms with Crippen LogP contribution in [-0.2, 0) is 9.47 Å². The van der Waals surface area contributed by atoms with Gasteiger partial charge in [-0.25, -0.2) is 4.79 Å². The molecule has 13 unspecified atom stereocenters. The number of hydrogen-bond acceptors (Lipinski definition) is 6. The summed E-state index contributed by atoms with van der Waals surface area (Å²) in [7, 11) is 1.51. The molecule has 0 aromatic rings. The number of unbranched alkanes of at least 4 members (excludes halogenated alkanes) is 1. The highest BCUT2D eigenvalue weighted by Crippen LogP contribution is 2.88. The fraction of sp³-hybridized carbons (Fsp3) is 0.971. The molecule has 0 radical (unpaired) electrons. The Labute approximate surface area is 248 Å². The highest BCUT2D eigenvalue weighted by Gasteiger charge is 2.84. The molecule has 1 spiro atoms. The number of carbonyl (C=O) groups excluding carboxylic acids is 1.